The minimum Gasteiger partial charge on any atom is -0.455 e. The SMILES string of the molecule is c1ccc(-c2nc(-c3ccccc3)nc(-c3cccc4c3oc3ccc(-c5ccc6c(c5)sc5cc(-n7c8ccccc8c8ccccc87)ccc56)cc34)n2)cc1. The zero-order chi connectivity index (χ0) is 37.5. The predicted molar refractivity (Wildman–Crippen MR) is 236 cm³/mol. The first-order valence-electron chi connectivity index (χ1n) is 19.0. The number of aromatic nitrogens is 4. The molecular formula is C51H30N4OS. The monoisotopic (exact) mass is 746 g/mol. The van der Waals surface area contributed by atoms with Crippen molar-refractivity contribution in [2.75, 3.05) is 0 Å². The maximum atomic E-state index is 6.63. The van der Waals surface area contributed by atoms with Crippen molar-refractivity contribution in [3.8, 4) is 51.0 Å². The Morgan fingerprint density at radius 2 is 0.947 bits per heavy atom. The molecule has 0 radical (unpaired) electrons. The van der Waals surface area contributed by atoms with Crippen molar-refractivity contribution in [1.82, 2.24) is 19.5 Å². The van der Waals surface area contributed by atoms with Gasteiger partial charge in [0, 0.05) is 58.5 Å². The Bertz CT molecular complexity index is 3420. The minimum atomic E-state index is 0.573. The second-order valence-electron chi connectivity index (χ2n) is 14.4. The first-order chi connectivity index (χ1) is 28.2. The van der Waals surface area contributed by atoms with Gasteiger partial charge in [-0.25, -0.2) is 15.0 Å². The van der Waals surface area contributed by atoms with E-state index in [0.29, 0.717) is 17.5 Å². The Kier molecular flexibility index (Phi) is 7.03. The lowest BCUT2D eigenvalue weighted by molar-refractivity contribution is 0.669. The van der Waals surface area contributed by atoms with Gasteiger partial charge in [0.25, 0.3) is 0 Å². The van der Waals surface area contributed by atoms with E-state index in [-0.39, 0.29) is 0 Å². The molecule has 4 aromatic heterocycles. The summed E-state index contributed by atoms with van der Waals surface area (Å²) in [7, 11) is 0. The maximum absolute atomic E-state index is 6.63. The lowest BCUT2D eigenvalue weighted by Crippen LogP contribution is -2.00. The topological polar surface area (TPSA) is 56.7 Å². The number of furan rings is 1. The van der Waals surface area contributed by atoms with E-state index in [9.17, 15) is 0 Å². The number of thiophene rings is 1. The van der Waals surface area contributed by atoms with Gasteiger partial charge >= 0.3 is 0 Å². The molecule has 8 aromatic carbocycles. The maximum Gasteiger partial charge on any atom is 0.167 e. The van der Waals surface area contributed by atoms with E-state index in [1.165, 1.54) is 53.2 Å². The van der Waals surface area contributed by atoms with E-state index in [1.807, 2.05) is 78.1 Å². The van der Waals surface area contributed by atoms with Gasteiger partial charge in [0.1, 0.15) is 11.2 Å². The van der Waals surface area contributed by atoms with Crippen LogP contribution >= 0.6 is 11.3 Å². The summed E-state index contributed by atoms with van der Waals surface area (Å²) in [5.41, 5.74) is 10.2. The standard InChI is InChI=1S/C51H30N4OS/c1-3-12-31(13-4-1)49-52-50(32-14-5-2-6-15-32)54-51(53-49)41-19-11-18-40-42-28-33(23-27-45(42)56-48(40)41)34-22-25-38-39-26-24-35(30-47(39)57-46(38)29-34)55-43-20-9-7-16-36(43)37-17-8-10-21-44(37)55/h1-30H. The lowest BCUT2D eigenvalue weighted by atomic mass is 10.0. The number of hydrogen-bond acceptors (Lipinski definition) is 5. The minimum absolute atomic E-state index is 0.573. The number of rotatable bonds is 5. The van der Waals surface area contributed by atoms with Gasteiger partial charge in [-0.15, -0.1) is 11.3 Å². The first-order valence-corrected chi connectivity index (χ1v) is 19.8. The van der Waals surface area contributed by atoms with Crippen LogP contribution in [0.25, 0.3) is 115 Å². The third kappa shape index (κ3) is 5.12. The molecule has 0 bridgehead atoms. The van der Waals surface area contributed by atoms with Gasteiger partial charge < -0.3 is 8.98 Å². The van der Waals surface area contributed by atoms with Crippen LogP contribution in [0, 0.1) is 0 Å². The number of benzene rings is 8. The summed E-state index contributed by atoms with van der Waals surface area (Å²) in [4.78, 5) is 14.9. The summed E-state index contributed by atoms with van der Waals surface area (Å²) in [6.45, 7) is 0. The number of nitrogens with zero attached hydrogens (tertiary/aromatic N) is 4. The molecular weight excluding hydrogens is 717 g/mol. The van der Waals surface area contributed by atoms with E-state index in [0.717, 1.165) is 44.2 Å². The fourth-order valence-corrected chi connectivity index (χ4v) is 9.55. The highest BCUT2D eigenvalue weighted by molar-refractivity contribution is 7.25. The molecule has 12 rings (SSSR count). The van der Waals surface area contributed by atoms with Crippen molar-refractivity contribution >= 4 is 75.3 Å². The van der Waals surface area contributed by atoms with Crippen LogP contribution in [-0.4, -0.2) is 19.5 Å². The van der Waals surface area contributed by atoms with Crippen molar-refractivity contribution in [2.24, 2.45) is 0 Å². The van der Waals surface area contributed by atoms with E-state index in [1.54, 1.807) is 0 Å². The van der Waals surface area contributed by atoms with Crippen LogP contribution in [0.1, 0.15) is 0 Å². The highest BCUT2D eigenvalue weighted by Gasteiger charge is 2.19. The van der Waals surface area contributed by atoms with Gasteiger partial charge in [-0.3, -0.25) is 0 Å². The Morgan fingerprint density at radius 3 is 1.65 bits per heavy atom. The lowest BCUT2D eigenvalue weighted by Gasteiger charge is -2.08. The third-order valence-corrected chi connectivity index (χ3v) is 12.2. The molecule has 6 heteroatoms. The molecule has 0 N–H and O–H groups in total. The molecule has 0 atom stereocenters. The van der Waals surface area contributed by atoms with Gasteiger partial charge in [0.15, 0.2) is 17.5 Å². The summed E-state index contributed by atoms with van der Waals surface area (Å²) >= 11 is 1.85. The number of para-hydroxylation sites is 3. The van der Waals surface area contributed by atoms with Crippen molar-refractivity contribution in [3.05, 3.63) is 182 Å². The molecule has 5 nitrogen and oxygen atoms in total. The zero-order valence-corrected chi connectivity index (χ0v) is 31.2. The van der Waals surface area contributed by atoms with Crippen LogP contribution in [0.5, 0.6) is 0 Å². The van der Waals surface area contributed by atoms with Crippen LogP contribution in [0.3, 0.4) is 0 Å². The number of hydrogen-bond donors (Lipinski definition) is 0. The average Bonchev–Trinajstić information content (AvgIpc) is 3.95. The summed E-state index contributed by atoms with van der Waals surface area (Å²) in [6.07, 6.45) is 0. The molecule has 0 fully saturated rings. The highest BCUT2D eigenvalue weighted by atomic mass is 32.1. The smallest absolute Gasteiger partial charge is 0.167 e. The van der Waals surface area contributed by atoms with Gasteiger partial charge in [0.05, 0.1) is 16.6 Å². The molecule has 266 valence electrons. The fourth-order valence-electron chi connectivity index (χ4n) is 8.37. The zero-order valence-electron chi connectivity index (χ0n) is 30.4. The summed E-state index contributed by atoms with van der Waals surface area (Å²) in [6, 6.07) is 63.9. The molecule has 0 aliphatic carbocycles. The van der Waals surface area contributed by atoms with Crippen LogP contribution in [-0.2, 0) is 0 Å². The average molecular weight is 747 g/mol. The van der Waals surface area contributed by atoms with Crippen LogP contribution in [0.15, 0.2) is 186 Å². The molecule has 0 amide bonds. The van der Waals surface area contributed by atoms with Crippen molar-refractivity contribution in [3.63, 3.8) is 0 Å². The summed E-state index contributed by atoms with van der Waals surface area (Å²) < 4.78 is 11.6. The third-order valence-electron chi connectivity index (χ3n) is 11.1. The Balaban J connectivity index is 0.954. The second-order valence-corrected chi connectivity index (χ2v) is 15.5. The van der Waals surface area contributed by atoms with E-state index >= 15 is 0 Å². The molecule has 0 aliphatic rings. The normalized spacial score (nSPS) is 11.9. The molecule has 57 heavy (non-hydrogen) atoms. The first kappa shape index (κ1) is 31.9. The van der Waals surface area contributed by atoms with E-state index in [4.69, 9.17) is 19.4 Å². The summed E-state index contributed by atoms with van der Waals surface area (Å²) in [5.74, 6) is 1.81. The van der Waals surface area contributed by atoms with Crippen LogP contribution < -0.4 is 0 Å². The van der Waals surface area contributed by atoms with Gasteiger partial charge in [-0.1, -0.05) is 133 Å². The number of fused-ring (bicyclic) bond motifs is 9. The molecule has 12 aromatic rings. The fraction of sp³-hybridized carbons (Fsp3) is 0. The Hall–Kier alpha value is -7.41. The Labute approximate surface area is 330 Å². The van der Waals surface area contributed by atoms with Crippen LogP contribution in [0.4, 0.5) is 0 Å². The molecule has 0 saturated carbocycles. The molecule has 0 aliphatic heterocycles. The molecule has 0 saturated heterocycles. The highest BCUT2D eigenvalue weighted by Crippen LogP contribution is 2.41. The van der Waals surface area contributed by atoms with Crippen molar-refractivity contribution in [2.45, 2.75) is 0 Å². The molecule has 4 heterocycles. The van der Waals surface area contributed by atoms with Gasteiger partial charge in [-0.2, -0.15) is 0 Å². The van der Waals surface area contributed by atoms with E-state index in [2.05, 4.69) is 120 Å². The second kappa shape index (κ2) is 12.6. The quantitative estimate of drug-likeness (QED) is 0.176. The largest absolute Gasteiger partial charge is 0.455 e. The van der Waals surface area contributed by atoms with Crippen molar-refractivity contribution < 1.29 is 4.42 Å². The summed E-state index contributed by atoms with van der Waals surface area (Å²) in [5, 5.41) is 7.17. The predicted octanol–water partition coefficient (Wildman–Crippen LogP) is 13.9. The van der Waals surface area contributed by atoms with E-state index < -0.39 is 0 Å². The van der Waals surface area contributed by atoms with Gasteiger partial charge in [-0.05, 0) is 59.7 Å². The van der Waals surface area contributed by atoms with Gasteiger partial charge in [0.2, 0.25) is 0 Å². The Morgan fingerprint density at radius 1 is 0.386 bits per heavy atom. The molecule has 0 unspecified atom stereocenters. The van der Waals surface area contributed by atoms with Crippen molar-refractivity contribution in [1.29, 1.82) is 0 Å². The molecule has 0 spiro atoms. The van der Waals surface area contributed by atoms with Crippen LogP contribution in [0.2, 0.25) is 0 Å².